The van der Waals surface area contributed by atoms with Gasteiger partial charge in [-0.2, -0.15) is 0 Å². The molecule has 1 rings (SSSR count). The number of nitrogens with one attached hydrogen (secondary N) is 1. The maximum Gasteiger partial charge on any atom is 0.238 e. The van der Waals surface area contributed by atoms with Crippen molar-refractivity contribution in [2.24, 2.45) is 5.14 Å². The van der Waals surface area contributed by atoms with Crippen molar-refractivity contribution in [3.8, 4) is 0 Å². The summed E-state index contributed by atoms with van der Waals surface area (Å²) in [7, 11) is -3.71. The number of sulfonamides is 1. The Hall–Kier alpha value is -1.66. The van der Waals surface area contributed by atoms with Crippen molar-refractivity contribution in [2.75, 3.05) is 6.54 Å². The van der Waals surface area contributed by atoms with Gasteiger partial charge in [0.05, 0.1) is 4.90 Å². The molecule has 3 N–H and O–H groups in total. The lowest BCUT2D eigenvalue weighted by Gasteiger charge is -2.02. The van der Waals surface area contributed by atoms with Gasteiger partial charge in [-0.05, 0) is 18.1 Å². The van der Waals surface area contributed by atoms with Crippen LogP contribution in [0.1, 0.15) is 18.9 Å². The number of hydrogen-bond donors (Lipinski definition) is 2. The Labute approximate surface area is 107 Å². The van der Waals surface area contributed by atoms with E-state index in [1.807, 2.05) is 0 Å². The highest BCUT2D eigenvalue weighted by molar-refractivity contribution is 7.89. The molecule has 6 heteroatoms. The number of benzene rings is 1. The number of rotatable bonds is 5. The Kier molecular flexibility index (Phi) is 5.06. The van der Waals surface area contributed by atoms with Gasteiger partial charge in [-0.3, -0.25) is 4.79 Å². The number of carbonyl (C=O) groups is 1. The maximum absolute atomic E-state index is 11.3. The van der Waals surface area contributed by atoms with E-state index in [-0.39, 0.29) is 10.8 Å². The zero-order valence-electron chi connectivity index (χ0n) is 10.1. The standard InChI is InChI=1S/C12H16N2O3S/c1-10(15)14-9-5-4-7-11-6-2-3-8-12(11)18(13,16)17/h2-4,6-8H,5,9H2,1H3,(H,14,15)(H2,13,16,17). The fraction of sp³-hybridized carbons (Fsp3) is 0.250. The summed E-state index contributed by atoms with van der Waals surface area (Å²) >= 11 is 0. The predicted molar refractivity (Wildman–Crippen MR) is 70.1 cm³/mol. The minimum atomic E-state index is -3.71. The van der Waals surface area contributed by atoms with Crippen LogP contribution >= 0.6 is 0 Å². The van der Waals surface area contributed by atoms with Gasteiger partial charge in [-0.15, -0.1) is 0 Å². The van der Waals surface area contributed by atoms with Crippen molar-refractivity contribution in [1.29, 1.82) is 0 Å². The molecular weight excluding hydrogens is 252 g/mol. The van der Waals surface area contributed by atoms with Crippen LogP contribution in [0.15, 0.2) is 35.2 Å². The van der Waals surface area contributed by atoms with Gasteiger partial charge >= 0.3 is 0 Å². The second-order valence-corrected chi connectivity index (χ2v) is 5.29. The minimum Gasteiger partial charge on any atom is -0.356 e. The molecule has 1 amide bonds. The monoisotopic (exact) mass is 268 g/mol. The topological polar surface area (TPSA) is 89.3 Å². The molecule has 0 heterocycles. The smallest absolute Gasteiger partial charge is 0.238 e. The van der Waals surface area contributed by atoms with Gasteiger partial charge in [0, 0.05) is 13.5 Å². The molecule has 0 radical (unpaired) electrons. The van der Waals surface area contributed by atoms with Crippen molar-refractivity contribution in [1.82, 2.24) is 5.32 Å². The fourth-order valence-electron chi connectivity index (χ4n) is 1.42. The average molecular weight is 268 g/mol. The van der Waals surface area contributed by atoms with Crippen LogP contribution in [0.2, 0.25) is 0 Å². The molecule has 18 heavy (non-hydrogen) atoms. The molecular formula is C12H16N2O3S. The molecule has 1 aromatic carbocycles. The molecule has 0 saturated heterocycles. The van der Waals surface area contributed by atoms with Gasteiger partial charge in [0.1, 0.15) is 0 Å². The molecule has 0 aromatic heterocycles. The highest BCUT2D eigenvalue weighted by Gasteiger charge is 2.10. The lowest BCUT2D eigenvalue weighted by atomic mass is 10.2. The number of primary sulfonamides is 1. The summed E-state index contributed by atoms with van der Waals surface area (Å²) in [5.74, 6) is -0.0895. The quantitative estimate of drug-likeness (QED) is 0.777. The van der Waals surface area contributed by atoms with E-state index in [1.165, 1.54) is 13.0 Å². The molecule has 0 spiro atoms. The van der Waals surface area contributed by atoms with E-state index in [4.69, 9.17) is 5.14 Å². The van der Waals surface area contributed by atoms with Crippen molar-refractivity contribution in [3.05, 3.63) is 35.9 Å². The van der Waals surface area contributed by atoms with Gasteiger partial charge in [0.25, 0.3) is 0 Å². The third kappa shape index (κ3) is 4.68. The number of hydrogen-bond acceptors (Lipinski definition) is 3. The van der Waals surface area contributed by atoms with Crippen LogP contribution in [0, 0.1) is 0 Å². The second-order valence-electron chi connectivity index (χ2n) is 3.76. The zero-order chi connectivity index (χ0) is 13.6. The first kappa shape index (κ1) is 14.4. The van der Waals surface area contributed by atoms with E-state index in [0.717, 1.165) is 0 Å². The highest BCUT2D eigenvalue weighted by Crippen LogP contribution is 2.15. The molecule has 0 aliphatic carbocycles. The number of amides is 1. The Morgan fingerprint density at radius 1 is 1.39 bits per heavy atom. The lowest BCUT2D eigenvalue weighted by molar-refractivity contribution is -0.118. The summed E-state index contributed by atoms with van der Waals surface area (Å²) in [6.45, 7) is 1.96. The van der Waals surface area contributed by atoms with Crippen molar-refractivity contribution in [3.63, 3.8) is 0 Å². The van der Waals surface area contributed by atoms with E-state index in [9.17, 15) is 13.2 Å². The van der Waals surface area contributed by atoms with E-state index in [1.54, 1.807) is 30.4 Å². The third-order valence-electron chi connectivity index (χ3n) is 2.21. The molecule has 1 aromatic rings. The van der Waals surface area contributed by atoms with E-state index >= 15 is 0 Å². The number of nitrogens with two attached hydrogens (primary N) is 1. The van der Waals surface area contributed by atoms with E-state index < -0.39 is 10.0 Å². The fourth-order valence-corrected chi connectivity index (χ4v) is 2.15. The first-order valence-corrected chi connectivity index (χ1v) is 6.98. The normalized spacial score (nSPS) is 11.7. The first-order valence-electron chi connectivity index (χ1n) is 5.44. The Morgan fingerprint density at radius 3 is 2.67 bits per heavy atom. The third-order valence-corrected chi connectivity index (χ3v) is 3.19. The Morgan fingerprint density at radius 2 is 2.06 bits per heavy atom. The van der Waals surface area contributed by atoms with Crippen LogP contribution in [0.4, 0.5) is 0 Å². The molecule has 0 aliphatic heterocycles. The first-order chi connectivity index (χ1) is 8.41. The van der Waals surface area contributed by atoms with Crippen LogP contribution in [0.25, 0.3) is 6.08 Å². The molecule has 0 unspecified atom stereocenters. The zero-order valence-corrected chi connectivity index (χ0v) is 10.9. The molecule has 0 aliphatic rings. The van der Waals surface area contributed by atoms with E-state index in [0.29, 0.717) is 18.5 Å². The summed E-state index contributed by atoms with van der Waals surface area (Å²) < 4.78 is 22.6. The molecule has 5 nitrogen and oxygen atoms in total. The van der Waals surface area contributed by atoms with Gasteiger partial charge in [-0.1, -0.05) is 30.4 Å². The van der Waals surface area contributed by atoms with Crippen LogP contribution in [0.5, 0.6) is 0 Å². The number of carbonyl (C=O) groups excluding carboxylic acids is 1. The molecule has 0 fully saturated rings. The molecule has 0 bridgehead atoms. The second kappa shape index (κ2) is 6.32. The van der Waals surface area contributed by atoms with Gasteiger partial charge in [0.2, 0.25) is 15.9 Å². The van der Waals surface area contributed by atoms with Gasteiger partial charge < -0.3 is 5.32 Å². The summed E-state index contributed by atoms with van der Waals surface area (Å²) in [5, 5.41) is 7.75. The summed E-state index contributed by atoms with van der Waals surface area (Å²) in [6.07, 6.45) is 4.10. The summed E-state index contributed by atoms with van der Waals surface area (Å²) in [5.41, 5.74) is 0.544. The van der Waals surface area contributed by atoms with Crippen molar-refractivity contribution >= 4 is 22.0 Å². The minimum absolute atomic E-state index is 0.0895. The van der Waals surface area contributed by atoms with E-state index in [2.05, 4.69) is 5.32 Å². The maximum atomic E-state index is 11.3. The lowest BCUT2D eigenvalue weighted by Crippen LogP contribution is -2.20. The Balaban J connectivity index is 2.73. The predicted octanol–water partition coefficient (Wildman–Crippen LogP) is 0.873. The molecule has 0 atom stereocenters. The SMILES string of the molecule is CC(=O)NCCC=Cc1ccccc1S(N)(=O)=O. The van der Waals surface area contributed by atoms with Gasteiger partial charge in [0.15, 0.2) is 0 Å². The van der Waals surface area contributed by atoms with Gasteiger partial charge in [-0.25, -0.2) is 13.6 Å². The largest absolute Gasteiger partial charge is 0.356 e. The Bertz CT molecular complexity index is 550. The summed E-state index contributed by atoms with van der Waals surface area (Å²) in [6, 6.07) is 6.49. The van der Waals surface area contributed by atoms with Crippen molar-refractivity contribution < 1.29 is 13.2 Å². The van der Waals surface area contributed by atoms with Crippen LogP contribution in [-0.2, 0) is 14.8 Å². The summed E-state index contributed by atoms with van der Waals surface area (Å²) in [4.78, 5) is 10.7. The van der Waals surface area contributed by atoms with Crippen LogP contribution in [0.3, 0.4) is 0 Å². The highest BCUT2D eigenvalue weighted by atomic mass is 32.2. The molecule has 98 valence electrons. The van der Waals surface area contributed by atoms with Crippen molar-refractivity contribution in [2.45, 2.75) is 18.2 Å². The molecule has 0 saturated carbocycles. The van der Waals surface area contributed by atoms with Crippen LogP contribution < -0.4 is 10.5 Å². The average Bonchev–Trinajstić information content (AvgIpc) is 2.27. The van der Waals surface area contributed by atoms with Crippen LogP contribution in [-0.4, -0.2) is 20.9 Å².